The molecule has 0 aliphatic rings. The van der Waals surface area contributed by atoms with Gasteiger partial charge in [-0.3, -0.25) is 4.68 Å². The molecule has 22 heavy (non-hydrogen) atoms. The van der Waals surface area contributed by atoms with Crippen LogP contribution in [0.2, 0.25) is 0 Å². The molecule has 7 nitrogen and oxygen atoms in total. The van der Waals surface area contributed by atoms with Gasteiger partial charge in [0.2, 0.25) is 10.0 Å². The van der Waals surface area contributed by atoms with Gasteiger partial charge in [0.15, 0.2) is 5.76 Å². The number of aryl methyl sites for hydroxylation is 4. The zero-order valence-electron chi connectivity index (χ0n) is 13.8. The van der Waals surface area contributed by atoms with Gasteiger partial charge in [0, 0.05) is 26.3 Å². The van der Waals surface area contributed by atoms with Gasteiger partial charge in [-0.15, -0.1) is 0 Å². The summed E-state index contributed by atoms with van der Waals surface area (Å²) in [6, 6.07) is 0. The minimum Gasteiger partial charge on any atom is -0.360 e. The lowest BCUT2D eigenvalue weighted by Gasteiger charge is -2.17. The topological polar surface area (TPSA) is 81.2 Å². The Morgan fingerprint density at radius 1 is 1.18 bits per heavy atom. The summed E-state index contributed by atoms with van der Waals surface area (Å²) in [5.41, 5.74) is 3.46. The summed E-state index contributed by atoms with van der Waals surface area (Å²) >= 11 is 0. The third-order valence-electron chi connectivity index (χ3n) is 3.97. The predicted octanol–water partition coefficient (Wildman–Crippen LogP) is 1.50. The highest BCUT2D eigenvalue weighted by molar-refractivity contribution is 7.89. The number of hydrogen-bond acceptors (Lipinski definition) is 5. The fourth-order valence-corrected chi connectivity index (χ4v) is 4.02. The van der Waals surface area contributed by atoms with Gasteiger partial charge in [-0.2, -0.15) is 5.10 Å². The highest BCUT2D eigenvalue weighted by atomic mass is 32.2. The van der Waals surface area contributed by atoms with Crippen LogP contribution in [0.3, 0.4) is 0 Å². The number of likely N-dealkylation sites (N-methyl/N-ethyl adjacent to an activating group) is 1. The van der Waals surface area contributed by atoms with E-state index in [2.05, 4.69) is 10.3 Å². The maximum absolute atomic E-state index is 12.6. The average Bonchev–Trinajstić information content (AvgIpc) is 2.88. The maximum Gasteiger partial charge on any atom is 0.248 e. The monoisotopic (exact) mass is 326 g/mol. The van der Waals surface area contributed by atoms with E-state index in [0.29, 0.717) is 24.4 Å². The molecule has 122 valence electrons. The number of rotatable bonds is 5. The van der Waals surface area contributed by atoms with E-state index in [-0.39, 0.29) is 4.90 Å². The van der Waals surface area contributed by atoms with Crippen molar-refractivity contribution in [2.24, 2.45) is 7.05 Å². The molecule has 0 N–H and O–H groups in total. The first-order chi connectivity index (χ1) is 10.2. The van der Waals surface area contributed by atoms with E-state index in [1.54, 1.807) is 20.9 Å². The van der Waals surface area contributed by atoms with E-state index in [1.807, 2.05) is 25.6 Å². The average molecular weight is 326 g/mol. The van der Waals surface area contributed by atoms with Crippen LogP contribution in [0.1, 0.15) is 28.4 Å². The first-order valence-electron chi connectivity index (χ1n) is 7.04. The van der Waals surface area contributed by atoms with E-state index in [4.69, 9.17) is 4.52 Å². The minimum absolute atomic E-state index is 0.162. The Morgan fingerprint density at radius 3 is 2.27 bits per heavy atom. The Hall–Kier alpha value is -1.67. The zero-order valence-corrected chi connectivity index (χ0v) is 14.7. The molecule has 2 aromatic rings. The van der Waals surface area contributed by atoms with E-state index in [0.717, 1.165) is 17.0 Å². The van der Waals surface area contributed by atoms with Gasteiger partial charge < -0.3 is 4.52 Å². The molecule has 0 fully saturated rings. The Labute approximate surface area is 131 Å². The first-order valence-corrected chi connectivity index (χ1v) is 8.48. The molecule has 0 amide bonds. The first kappa shape index (κ1) is 16.7. The molecule has 0 aliphatic carbocycles. The number of hydrogen-bond donors (Lipinski definition) is 0. The normalized spacial score (nSPS) is 12.3. The quantitative estimate of drug-likeness (QED) is 0.832. The molecule has 0 radical (unpaired) electrons. The lowest BCUT2D eigenvalue weighted by atomic mass is 10.1. The van der Waals surface area contributed by atoms with Crippen LogP contribution in [0.25, 0.3) is 0 Å². The smallest absolute Gasteiger partial charge is 0.248 e. The van der Waals surface area contributed by atoms with Gasteiger partial charge in [-0.1, -0.05) is 5.16 Å². The fraction of sp³-hybridized carbons (Fsp3) is 0.571. The van der Waals surface area contributed by atoms with Crippen LogP contribution in [0.15, 0.2) is 9.42 Å². The van der Waals surface area contributed by atoms with E-state index in [1.165, 1.54) is 4.31 Å². The molecule has 0 aromatic carbocycles. The summed E-state index contributed by atoms with van der Waals surface area (Å²) in [5.74, 6) is 0.318. The van der Waals surface area contributed by atoms with Gasteiger partial charge in [0.25, 0.3) is 0 Å². The van der Waals surface area contributed by atoms with Gasteiger partial charge in [-0.05, 0) is 39.7 Å². The van der Waals surface area contributed by atoms with E-state index >= 15 is 0 Å². The molecule has 0 bridgehead atoms. The second-order valence-electron chi connectivity index (χ2n) is 5.50. The van der Waals surface area contributed by atoms with Crippen molar-refractivity contribution in [1.82, 2.24) is 19.2 Å². The third kappa shape index (κ3) is 2.80. The molecular weight excluding hydrogens is 304 g/mol. The van der Waals surface area contributed by atoms with Crippen molar-refractivity contribution >= 4 is 10.0 Å². The summed E-state index contributed by atoms with van der Waals surface area (Å²) < 4.78 is 33.4. The molecule has 0 saturated carbocycles. The predicted molar refractivity (Wildman–Crippen MR) is 82.2 cm³/mol. The number of aromatic nitrogens is 3. The minimum atomic E-state index is -3.60. The van der Waals surface area contributed by atoms with Crippen molar-refractivity contribution in [3.05, 3.63) is 28.4 Å². The molecule has 8 heteroatoms. The standard InChI is InChI=1S/C14H22N4O3S/c1-9-13(11(3)18(6)15-9)7-8-17(5)22(19,20)14-10(2)16-21-12(14)4/h7-8H2,1-6H3. The van der Waals surface area contributed by atoms with Crippen LogP contribution in [0, 0.1) is 27.7 Å². The van der Waals surface area contributed by atoms with Crippen LogP contribution in [-0.4, -0.2) is 41.3 Å². The van der Waals surface area contributed by atoms with Crippen molar-refractivity contribution in [2.75, 3.05) is 13.6 Å². The van der Waals surface area contributed by atoms with Crippen molar-refractivity contribution in [2.45, 2.75) is 39.0 Å². The van der Waals surface area contributed by atoms with Crippen LogP contribution in [-0.2, 0) is 23.5 Å². The summed E-state index contributed by atoms with van der Waals surface area (Å²) in [5, 5.41) is 8.07. The second kappa shape index (κ2) is 5.85. The Morgan fingerprint density at radius 2 is 1.82 bits per heavy atom. The third-order valence-corrected chi connectivity index (χ3v) is 6.07. The molecule has 0 aliphatic heterocycles. The Kier molecular flexibility index (Phi) is 4.44. The summed E-state index contributed by atoms with van der Waals surface area (Å²) in [6.07, 6.45) is 0.616. The van der Waals surface area contributed by atoms with Gasteiger partial charge in [0.1, 0.15) is 10.6 Å². The second-order valence-corrected chi connectivity index (χ2v) is 7.48. The van der Waals surface area contributed by atoms with Gasteiger partial charge >= 0.3 is 0 Å². The van der Waals surface area contributed by atoms with E-state index < -0.39 is 10.0 Å². The van der Waals surface area contributed by atoms with E-state index in [9.17, 15) is 8.42 Å². The van der Waals surface area contributed by atoms with Crippen molar-refractivity contribution in [1.29, 1.82) is 0 Å². The van der Waals surface area contributed by atoms with Crippen LogP contribution in [0.5, 0.6) is 0 Å². The molecule has 0 spiro atoms. The lowest BCUT2D eigenvalue weighted by Crippen LogP contribution is -2.30. The summed E-state index contributed by atoms with van der Waals surface area (Å²) in [7, 11) is -0.139. The molecule has 0 saturated heterocycles. The number of sulfonamides is 1. The maximum atomic E-state index is 12.6. The SMILES string of the molecule is Cc1nn(C)c(C)c1CCN(C)S(=O)(=O)c1c(C)noc1C. The van der Waals surface area contributed by atoms with Crippen LogP contribution >= 0.6 is 0 Å². The summed E-state index contributed by atoms with van der Waals surface area (Å²) in [6.45, 7) is 7.53. The molecule has 2 rings (SSSR count). The Balaban J connectivity index is 2.20. The summed E-state index contributed by atoms with van der Waals surface area (Å²) in [4.78, 5) is 0.162. The van der Waals surface area contributed by atoms with Crippen molar-refractivity contribution in [3.8, 4) is 0 Å². The molecule has 0 unspecified atom stereocenters. The fourth-order valence-electron chi connectivity index (χ4n) is 2.57. The largest absolute Gasteiger partial charge is 0.360 e. The highest BCUT2D eigenvalue weighted by Gasteiger charge is 2.28. The number of nitrogens with zero attached hydrogens (tertiary/aromatic N) is 4. The van der Waals surface area contributed by atoms with Crippen molar-refractivity contribution < 1.29 is 12.9 Å². The van der Waals surface area contributed by atoms with Gasteiger partial charge in [0.05, 0.1) is 5.69 Å². The van der Waals surface area contributed by atoms with Gasteiger partial charge in [-0.25, -0.2) is 12.7 Å². The molecular formula is C14H22N4O3S. The van der Waals surface area contributed by atoms with Crippen LogP contribution < -0.4 is 0 Å². The molecule has 2 aromatic heterocycles. The van der Waals surface area contributed by atoms with Crippen molar-refractivity contribution in [3.63, 3.8) is 0 Å². The highest BCUT2D eigenvalue weighted by Crippen LogP contribution is 2.23. The Bertz CT molecular complexity index is 770. The molecule has 0 atom stereocenters. The van der Waals surface area contributed by atoms with Crippen LogP contribution in [0.4, 0.5) is 0 Å². The zero-order chi connectivity index (χ0) is 16.7. The lowest BCUT2D eigenvalue weighted by molar-refractivity contribution is 0.390. The molecule has 2 heterocycles.